The van der Waals surface area contributed by atoms with Crippen LogP contribution >= 0.6 is 27.5 Å². The quantitative estimate of drug-likeness (QED) is 0.714. The largest absolute Gasteiger partial charge is 0.381 e. The monoisotopic (exact) mass is 344 g/mol. The maximum atomic E-state index is 5.91. The van der Waals surface area contributed by atoms with Gasteiger partial charge in [0.1, 0.15) is 5.15 Å². The Kier molecular flexibility index (Phi) is 4.78. The van der Waals surface area contributed by atoms with Crippen LogP contribution in [0, 0.1) is 11.3 Å². The van der Waals surface area contributed by atoms with Gasteiger partial charge in [-0.3, -0.25) is 0 Å². The molecule has 1 aliphatic rings. The molecular formula is C15H22BrClN2. The van der Waals surface area contributed by atoms with Crippen molar-refractivity contribution in [2.45, 2.75) is 52.5 Å². The highest BCUT2D eigenvalue weighted by Crippen LogP contribution is 2.38. The van der Waals surface area contributed by atoms with E-state index in [0.717, 1.165) is 16.1 Å². The van der Waals surface area contributed by atoms with Gasteiger partial charge >= 0.3 is 0 Å². The van der Waals surface area contributed by atoms with E-state index in [-0.39, 0.29) is 0 Å². The van der Waals surface area contributed by atoms with Gasteiger partial charge in [0, 0.05) is 6.04 Å². The molecule has 1 heterocycles. The molecule has 1 fully saturated rings. The van der Waals surface area contributed by atoms with Crippen LogP contribution in [0.3, 0.4) is 0 Å². The second-order valence-electron chi connectivity index (χ2n) is 6.56. The molecule has 1 aliphatic carbocycles. The Morgan fingerprint density at radius 2 is 1.89 bits per heavy atom. The molecule has 2 nitrogen and oxygen atoms in total. The fourth-order valence-corrected chi connectivity index (χ4v) is 3.29. The zero-order valence-electron chi connectivity index (χ0n) is 11.8. The SMILES string of the molecule is CC(C)(C)C1CCC(Nc2cnc(Cl)c(Br)c2)CC1. The summed E-state index contributed by atoms with van der Waals surface area (Å²) >= 11 is 9.32. The molecule has 0 unspecified atom stereocenters. The first-order chi connectivity index (χ1) is 8.86. The van der Waals surface area contributed by atoms with Crippen molar-refractivity contribution in [1.82, 2.24) is 4.98 Å². The highest BCUT2D eigenvalue weighted by Gasteiger charge is 2.29. The summed E-state index contributed by atoms with van der Waals surface area (Å²) < 4.78 is 0.850. The molecule has 1 saturated carbocycles. The van der Waals surface area contributed by atoms with E-state index in [9.17, 15) is 0 Å². The van der Waals surface area contributed by atoms with E-state index >= 15 is 0 Å². The summed E-state index contributed by atoms with van der Waals surface area (Å²) in [6.07, 6.45) is 6.90. The van der Waals surface area contributed by atoms with E-state index in [1.54, 1.807) is 0 Å². The summed E-state index contributed by atoms with van der Waals surface area (Å²) in [5, 5.41) is 4.09. The third-order valence-electron chi connectivity index (χ3n) is 4.12. The maximum Gasteiger partial charge on any atom is 0.143 e. The average Bonchev–Trinajstić information content (AvgIpc) is 2.33. The van der Waals surface area contributed by atoms with Crippen LogP contribution in [0.25, 0.3) is 0 Å². The summed E-state index contributed by atoms with van der Waals surface area (Å²) in [6, 6.07) is 2.57. The van der Waals surface area contributed by atoms with Crippen LogP contribution in [-0.2, 0) is 0 Å². The number of hydrogen-bond donors (Lipinski definition) is 1. The Balaban J connectivity index is 1.90. The average molecular weight is 346 g/mol. The van der Waals surface area contributed by atoms with Crippen molar-refractivity contribution in [2.75, 3.05) is 5.32 Å². The summed E-state index contributed by atoms with van der Waals surface area (Å²) in [5.74, 6) is 0.848. The first kappa shape index (κ1) is 15.1. The number of hydrogen-bond acceptors (Lipinski definition) is 2. The Hall–Kier alpha value is -0.280. The standard InChI is InChI=1S/C15H22BrClN2/c1-15(2,3)10-4-6-11(7-5-10)19-12-8-13(16)14(17)18-9-12/h8-11,19H,4-7H2,1-3H3. The van der Waals surface area contributed by atoms with Crippen molar-refractivity contribution >= 4 is 33.2 Å². The predicted molar refractivity (Wildman–Crippen MR) is 85.8 cm³/mol. The molecule has 0 spiro atoms. The number of rotatable bonds is 2. The molecule has 0 saturated heterocycles. The van der Waals surface area contributed by atoms with Gasteiger partial charge in [0.25, 0.3) is 0 Å². The molecule has 106 valence electrons. The van der Waals surface area contributed by atoms with E-state index in [2.05, 4.69) is 47.0 Å². The van der Waals surface area contributed by atoms with Gasteiger partial charge in [-0.25, -0.2) is 4.98 Å². The second kappa shape index (κ2) is 6.01. The first-order valence-electron chi connectivity index (χ1n) is 6.94. The van der Waals surface area contributed by atoms with Gasteiger partial charge in [0.05, 0.1) is 16.4 Å². The van der Waals surface area contributed by atoms with E-state index in [4.69, 9.17) is 11.6 Å². The van der Waals surface area contributed by atoms with Crippen LogP contribution in [-0.4, -0.2) is 11.0 Å². The molecule has 0 atom stereocenters. The normalized spacial score (nSPS) is 24.3. The van der Waals surface area contributed by atoms with E-state index in [1.807, 2.05) is 12.3 Å². The van der Waals surface area contributed by atoms with Crippen LogP contribution < -0.4 is 5.32 Å². The topological polar surface area (TPSA) is 24.9 Å². The minimum Gasteiger partial charge on any atom is -0.381 e. The zero-order chi connectivity index (χ0) is 14.0. The van der Waals surface area contributed by atoms with Crippen LogP contribution in [0.1, 0.15) is 46.5 Å². The van der Waals surface area contributed by atoms with Crippen molar-refractivity contribution < 1.29 is 0 Å². The number of aromatic nitrogens is 1. The lowest BCUT2D eigenvalue weighted by Gasteiger charge is -2.37. The van der Waals surface area contributed by atoms with Crippen molar-refractivity contribution in [2.24, 2.45) is 11.3 Å². The summed E-state index contributed by atoms with van der Waals surface area (Å²) in [7, 11) is 0. The van der Waals surface area contributed by atoms with Crippen molar-refractivity contribution in [1.29, 1.82) is 0 Å². The molecule has 0 aliphatic heterocycles. The van der Waals surface area contributed by atoms with Crippen LogP contribution in [0.4, 0.5) is 5.69 Å². The van der Waals surface area contributed by atoms with Gasteiger partial charge in [0.2, 0.25) is 0 Å². The van der Waals surface area contributed by atoms with Crippen LogP contribution in [0.2, 0.25) is 5.15 Å². The number of pyridine rings is 1. The van der Waals surface area contributed by atoms with Gasteiger partial charge < -0.3 is 5.32 Å². The Morgan fingerprint density at radius 3 is 2.42 bits per heavy atom. The maximum absolute atomic E-state index is 5.91. The number of nitrogens with one attached hydrogen (secondary N) is 1. The summed E-state index contributed by atoms with van der Waals surface area (Å²) in [5.41, 5.74) is 1.49. The molecule has 4 heteroatoms. The lowest BCUT2D eigenvalue weighted by molar-refractivity contribution is 0.173. The van der Waals surface area contributed by atoms with E-state index < -0.39 is 0 Å². The smallest absolute Gasteiger partial charge is 0.143 e. The molecule has 0 amide bonds. The van der Waals surface area contributed by atoms with Crippen molar-refractivity contribution in [3.63, 3.8) is 0 Å². The third kappa shape index (κ3) is 4.09. The van der Waals surface area contributed by atoms with Crippen molar-refractivity contribution in [3.05, 3.63) is 21.9 Å². The Bertz CT molecular complexity index is 434. The molecule has 19 heavy (non-hydrogen) atoms. The predicted octanol–water partition coefficient (Wildman–Crippen LogP) is 5.51. The van der Waals surface area contributed by atoms with Gasteiger partial charge in [-0.15, -0.1) is 0 Å². The molecule has 0 radical (unpaired) electrons. The fourth-order valence-electron chi connectivity index (χ4n) is 2.84. The van der Waals surface area contributed by atoms with Gasteiger partial charge in [-0.1, -0.05) is 32.4 Å². The second-order valence-corrected chi connectivity index (χ2v) is 7.77. The lowest BCUT2D eigenvalue weighted by atomic mass is 9.71. The lowest BCUT2D eigenvalue weighted by Crippen LogP contribution is -2.31. The number of halogens is 2. The van der Waals surface area contributed by atoms with Crippen LogP contribution in [0.5, 0.6) is 0 Å². The van der Waals surface area contributed by atoms with E-state index in [1.165, 1.54) is 25.7 Å². The van der Waals surface area contributed by atoms with Crippen molar-refractivity contribution in [3.8, 4) is 0 Å². The van der Waals surface area contributed by atoms with Gasteiger partial charge in [-0.2, -0.15) is 0 Å². The molecule has 0 bridgehead atoms. The summed E-state index contributed by atoms with van der Waals surface area (Å²) in [6.45, 7) is 7.06. The van der Waals surface area contributed by atoms with Crippen LogP contribution in [0.15, 0.2) is 16.7 Å². The molecule has 0 aromatic carbocycles. The number of nitrogens with zero attached hydrogens (tertiary/aromatic N) is 1. The Labute approximate surface area is 129 Å². The molecule has 1 N–H and O–H groups in total. The first-order valence-corrected chi connectivity index (χ1v) is 8.11. The fraction of sp³-hybridized carbons (Fsp3) is 0.667. The van der Waals surface area contributed by atoms with Gasteiger partial charge in [0.15, 0.2) is 0 Å². The Morgan fingerprint density at radius 1 is 1.26 bits per heavy atom. The number of anilines is 1. The molecule has 2 rings (SSSR count). The minimum atomic E-state index is 0.440. The zero-order valence-corrected chi connectivity index (χ0v) is 14.2. The molecule has 1 aromatic rings. The minimum absolute atomic E-state index is 0.440. The highest BCUT2D eigenvalue weighted by atomic mass is 79.9. The third-order valence-corrected chi connectivity index (χ3v) is 5.25. The summed E-state index contributed by atoms with van der Waals surface area (Å²) in [4.78, 5) is 4.15. The highest BCUT2D eigenvalue weighted by molar-refractivity contribution is 9.10. The van der Waals surface area contributed by atoms with Gasteiger partial charge in [-0.05, 0) is 59.0 Å². The van der Waals surface area contributed by atoms with E-state index in [0.29, 0.717) is 16.6 Å². The molecule has 1 aromatic heterocycles. The molecular weight excluding hydrogens is 324 g/mol.